The lowest BCUT2D eigenvalue weighted by Gasteiger charge is -2.18. The zero-order valence-electron chi connectivity index (χ0n) is 18.1. The van der Waals surface area contributed by atoms with E-state index in [1.165, 1.54) is 5.56 Å². The van der Waals surface area contributed by atoms with E-state index < -0.39 is 5.97 Å². The Morgan fingerprint density at radius 3 is 2.35 bits per heavy atom. The molecule has 0 bridgehead atoms. The van der Waals surface area contributed by atoms with Crippen LogP contribution in [0.3, 0.4) is 0 Å². The first-order chi connectivity index (χ1) is 14.7. The van der Waals surface area contributed by atoms with Crippen molar-refractivity contribution in [3.8, 4) is 11.5 Å². The van der Waals surface area contributed by atoms with Gasteiger partial charge in [0.25, 0.3) is 0 Å². The van der Waals surface area contributed by atoms with Crippen molar-refractivity contribution in [1.29, 1.82) is 0 Å². The first-order valence-corrected chi connectivity index (χ1v) is 10.2. The van der Waals surface area contributed by atoms with Gasteiger partial charge in [-0.2, -0.15) is 0 Å². The molecular formula is C27H24O4. The van der Waals surface area contributed by atoms with E-state index in [1.54, 1.807) is 36.4 Å². The molecule has 3 aromatic rings. The standard InChI is InChI=1S/C27H24O4/c1-17-7-5-6-8-21(17)26(29)30-20-13-14-22-23(16-20)31-24(25(22)28)15-18-9-11-19(12-10-18)27(2,3)4/h5-16H,1-4H3. The summed E-state index contributed by atoms with van der Waals surface area (Å²) in [5.41, 5.74) is 3.95. The van der Waals surface area contributed by atoms with E-state index in [-0.39, 0.29) is 17.0 Å². The Bertz CT molecular complexity index is 1190. The summed E-state index contributed by atoms with van der Waals surface area (Å²) >= 11 is 0. The summed E-state index contributed by atoms with van der Waals surface area (Å²) in [6.07, 6.45) is 1.73. The zero-order valence-corrected chi connectivity index (χ0v) is 18.1. The molecule has 0 spiro atoms. The number of carbonyl (C=O) groups is 2. The number of hydrogen-bond donors (Lipinski definition) is 0. The van der Waals surface area contributed by atoms with Gasteiger partial charge in [-0.25, -0.2) is 4.79 Å². The second-order valence-corrected chi connectivity index (χ2v) is 8.67. The molecule has 1 aliphatic rings. The van der Waals surface area contributed by atoms with Gasteiger partial charge in [0.1, 0.15) is 11.5 Å². The van der Waals surface area contributed by atoms with Crippen molar-refractivity contribution in [2.75, 3.05) is 0 Å². The summed E-state index contributed by atoms with van der Waals surface area (Å²) in [4.78, 5) is 25.2. The van der Waals surface area contributed by atoms with E-state index >= 15 is 0 Å². The van der Waals surface area contributed by atoms with Crippen molar-refractivity contribution >= 4 is 17.8 Å². The highest BCUT2D eigenvalue weighted by atomic mass is 16.5. The van der Waals surface area contributed by atoms with Crippen LogP contribution in [0, 0.1) is 6.92 Å². The van der Waals surface area contributed by atoms with Gasteiger partial charge in [-0.3, -0.25) is 4.79 Å². The van der Waals surface area contributed by atoms with Crippen molar-refractivity contribution in [3.63, 3.8) is 0 Å². The number of ketones is 1. The van der Waals surface area contributed by atoms with E-state index in [2.05, 4.69) is 32.9 Å². The van der Waals surface area contributed by atoms with Gasteiger partial charge in [0, 0.05) is 6.07 Å². The highest BCUT2D eigenvalue weighted by Crippen LogP contribution is 2.35. The third kappa shape index (κ3) is 4.29. The predicted octanol–water partition coefficient (Wildman–Crippen LogP) is 6.13. The van der Waals surface area contributed by atoms with Crippen molar-refractivity contribution in [2.45, 2.75) is 33.1 Å². The number of rotatable bonds is 3. The molecule has 0 radical (unpaired) electrons. The second kappa shape index (κ2) is 7.88. The number of hydrogen-bond acceptors (Lipinski definition) is 4. The molecular weight excluding hydrogens is 388 g/mol. The normalized spacial score (nSPS) is 14.3. The summed E-state index contributed by atoms with van der Waals surface area (Å²) in [5, 5.41) is 0. The monoisotopic (exact) mass is 412 g/mol. The molecule has 0 aliphatic carbocycles. The number of allylic oxidation sites excluding steroid dienone is 1. The van der Waals surface area contributed by atoms with Gasteiger partial charge in [-0.1, -0.05) is 63.2 Å². The number of Topliss-reactive ketones (excluding diaryl/α,β-unsaturated/α-hetero) is 1. The average molecular weight is 412 g/mol. The highest BCUT2D eigenvalue weighted by Gasteiger charge is 2.28. The summed E-state index contributed by atoms with van der Waals surface area (Å²) in [5.74, 6) is 0.331. The Kier molecular flexibility index (Phi) is 5.24. The topological polar surface area (TPSA) is 52.6 Å². The third-order valence-corrected chi connectivity index (χ3v) is 5.29. The van der Waals surface area contributed by atoms with E-state index in [1.807, 2.05) is 31.2 Å². The van der Waals surface area contributed by atoms with Crippen molar-refractivity contribution in [3.05, 3.63) is 100 Å². The Balaban J connectivity index is 1.53. The van der Waals surface area contributed by atoms with E-state index in [0.29, 0.717) is 22.6 Å². The fraction of sp³-hybridized carbons (Fsp3) is 0.185. The summed E-state index contributed by atoms with van der Waals surface area (Å²) in [7, 11) is 0. The molecule has 4 heteroatoms. The first kappa shape index (κ1) is 20.6. The minimum absolute atomic E-state index is 0.0632. The number of carbonyl (C=O) groups excluding carboxylic acids is 2. The molecule has 4 rings (SSSR count). The van der Waals surface area contributed by atoms with E-state index in [9.17, 15) is 9.59 Å². The number of aryl methyl sites for hydroxylation is 1. The molecule has 0 fully saturated rings. The molecule has 0 N–H and O–H groups in total. The highest BCUT2D eigenvalue weighted by molar-refractivity contribution is 6.14. The number of fused-ring (bicyclic) bond motifs is 1. The van der Waals surface area contributed by atoms with Crippen molar-refractivity contribution < 1.29 is 19.1 Å². The maximum absolute atomic E-state index is 12.7. The van der Waals surface area contributed by atoms with Gasteiger partial charge in [-0.05, 0) is 53.3 Å². The molecule has 0 amide bonds. The number of esters is 1. The Labute approximate surface area is 182 Å². The number of benzene rings is 3. The Morgan fingerprint density at radius 1 is 0.968 bits per heavy atom. The molecule has 31 heavy (non-hydrogen) atoms. The van der Waals surface area contributed by atoms with E-state index in [0.717, 1.165) is 11.1 Å². The van der Waals surface area contributed by atoms with Gasteiger partial charge in [0.2, 0.25) is 5.78 Å². The molecule has 4 nitrogen and oxygen atoms in total. The van der Waals surface area contributed by atoms with Crippen LogP contribution >= 0.6 is 0 Å². The molecule has 156 valence electrons. The summed E-state index contributed by atoms with van der Waals surface area (Å²) in [6, 6.07) is 20.1. The molecule has 0 saturated heterocycles. The average Bonchev–Trinajstić information content (AvgIpc) is 3.02. The molecule has 3 aromatic carbocycles. The molecule has 1 aliphatic heterocycles. The minimum Gasteiger partial charge on any atom is -0.452 e. The lowest BCUT2D eigenvalue weighted by molar-refractivity contribution is 0.0733. The van der Waals surface area contributed by atoms with Crippen molar-refractivity contribution in [2.24, 2.45) is 0 Å². The maximum Gasteiger partial charge on any atom is 0.343 e. The fourth-order valence-electron chi connectivity index (χ4n) is 3.43. The van der Waals surface area contributed by atoms with Gasteiger partial charge in [0.05, 0.1) is 11.1 Å². The molecule has 0 aromatic heterocycles. The van der Waals surface area contributed by atoms with Gasteiger partial charge in [0.15, 0.2) is 5.76 Å². The maximum atomic E-state index is 12.7. The predicted molar refractivity (Wildman–Crippen MR) is 121 cm³/mol. The number of ether oxygens (including phenoxy) is 2. The molecule has 0 unspecified atom stereocenters. The van der Waals surface area contributed by atoms with Crippen LogP contribution in [0.15, 0.2) is 72.5 Å². The third-order valence-electron chi connectivity index (χ3n) is 5.29. The van der Waals surface area contributed by atoms with Crippen molar-refractivity contribution in [1.82, 2.24) is 0 Å². The zero-order chi connectivity index (χ0) is 22.2. The van der Waals surface area contributed by atoms with Crippen LogP contribution in [0.1, 0.15) is 58.2 Å². The lowest BCUT2D eigenvalue weighted by Crippen LogP contribution is -2.10. The van der Waals surface area contributed by atoms with Gasteiger partial charge < -0.3 is 9.47 Å². The minimum atomic E-state index is -0.447. The van der Waals surface area contributed by atoms with Crippen LogP contribution in [0.25, 0.3) is 6.08 Å². The molecule has 1 heterocycles. The van der Waals surface area contributed by atoms with Crippen LogP contribution < -0.4 is 9.47 Å². The SMILES string of the molecule is Cc1ccccc1C(=O)Oc1ccc2c(c1)OC(=Cc1ccc(C(C)(C)C)cc1)C2=O. The molecule has 0 saturated carbocycles. The van der Waals surface area contributed by atoms with Crippen LogP contribution in [-0.4, -0.2) is 11.8 Å². The largest absolute Gasteiger partial charge is 0.452 e. The lowest BCUT2D eigenvalue weighted by atomic mass is 9.86. The van der Waals surface area contributed by atoms with Crippen LogP contribution in [0.2, 0.25) is 0 Å². The summed E-state index contributed by atoms with van der Waals surface area (Å²) in [6.45, 7) is 8.32. The smallest absolute Gasteiger partial charge is 0.343 e. The fourth-order valence-corrected chi connectivity index (χ4v) is 3.43. The summed E-state index contributed by atoms with van der Waals surface area (Å²) < 4.78 is 11.3. The van der Waals surface area contributed by atoms with Gasteiger partial charge >= 0.3 is 5.97 Å². The molecule has 0 atom stereocenters. The quantitative estimate of drug-likeness (QED) is 0.295. The second-order valence-electron chi connectivity index (χ2n) is 8.67. The Morgan fingerprint density at radius 2 is 1.68 bits per heavy atom. The Hall–Kier alpha value is -3.66. The van der Waals surface area contributed by atoms with Crippen LogP contribution in [0.5, 0.6) is 11.5 Å². The van der Waals surface area contributed by atoms with E-state index in [4.69, 9.17) is 9.47 Å². The van der Waals surface area contributed by atoms with Crippen LogP contribution in [0.4, 0.5) is 0 Å². The first-order valence-electron chi connectivity index (χ1n) is 10.2. The van der Waals surface area contributed by atoms with Gasteiger partial charge in [-0.15, -0.1) is 0 Å². The van der Waals surface area contributed by atoms with Crippen LogP contribution in [-0.2, 0) is 5.41 Å².